The lowest BCUT2D eigenvalue weighted by Gasteiger charge is -2.17. The maximum Gasteiger partial charge on any atom is 0.246 e. The van der Waals surface area contributed by atoms with Gasteiger partial charge < -0.3 is 16.0 Å². The van der Waals surface area contributed by atoms with Gasteiger partial charge in [-0.2, -0.15) is 0 Å². The Morgan fingerprint density at radius 1 is 1.26 bits per heavy atom. The van der Waals surface area contributed by atoms with Crippen LogP contribution in [0.5, 0.6) is 0 Å². The Bertz CT molecular complexity index is 723. The number of benzene rings is 1. The second kappa shape index (κ2) is 12.9. The third-order valence-corrected chi connectivity index (χ3v) is 4.63. The van der Waals surface area contributed by atoms with E-state index in [1.54, 1.807) is 0 Å². The first kappa shape index (κ1) is 25.6. The molecule has 0 saturated heterocycles. The molecule has 0 saturated carbocycles. The molecule has 1 unspecified atom stereocenters. The summed E-state index contributed by atoms with van der Waals surface area (Å²) in [7, 11) is -3.00. The minimum Gasteiger partial charge on any atom is -0.357 e. The van der Waals surface area contributed by atoms with Crippen molar-refractivity contribution < 1.29 is 13.2 Å². The van der Waals surface area contributed by atoms with Gasteiger partial charge in [0.2, 0.25) is 5.91 Å². The van der Waals surface area contributed by atoms with Crippen molar-refractivity contribution in [2.45, 2.75) is 39.7 Å². The number of halogens is 1. The van der Waals surface area contributed by atoms with Crippen molar-refractivity contribution in [2.24, 2.45) is 4.99 Å². The van der Waals surface area contributed by atoms with Gasteiger partial charge in [0.25, 0.3) is 0 Å². The molecule has 9 heteroatoms. The average Bonchev–Trinajstić information content (AvgIpc) is 2.57. The van der Waals surface area contributed by atoms with Gasteiger partial charge in [0.15, 0.2) is 5.96 Å². The molecule has 0 aliphatic rings. The summed E-state index contributed by atoms with van der Waals surface area (Å²) in [6, 6.07) is 7.63. The number of hydrogen-bond acceptors (Lipinski definition) is 4. The summed E-state index contributed by atoms with van der Waals surface area (Å²) in [6.07, 6.45) is 2.60. The number of carbonyl (C=O) groups excluding carboxylic acids is 1. The molecule has 1 aromatic rings. The fraction of sp³-hybridized carbons (Fsp3) is 0.556. The number of aryl methyl sites for hydroxylation is 1. The van der Waals surface area contributed by atoms with E-state index in [1.807, 2.05) is 38.1 Å². The van der Waals surface area contributed by atoms with Crippen molar-refractivity contribution >= 4 is 51.4 Å². The topological polar surface area (TPSA) is 99.7 Å². The number of anilines is 1. The molecule has 1 aromatic carbocycles. The molecule has 154 valence electrons. The zero-order chi connectivity index (χ0) is 19.6. The largest absolute Gasteiger partial charge is 0.357 e. The Kier molecular flexibility index (Phi) is 12.3. The minimum atomic E-state index is -3.00. The quantitative estimate of drug-likeness (QED) is 0.269. The van der Waals surface area contributed by atoms with Gasteiger partial charge in [-0.25, -0.2) is 13.4 Å². The second-order valence-corrected chi connectivity index (χ2v) is 8.52. The highest BCUT2D eigenvalue weighted by Crippen LogP contribution is 2.10. The van der Waals surface area contributed by atoms with Crippen LogP contribution in [0.3, 0.4) is 0 Å². The zero-order valence-corrected chi connectivity index (χ0v) is 19.6. The molecule has 0 aromatic heterocycles. The number of aliphatic imine (C=N–C) groups is 1. The number of nitrogens with zero attached hydrogens (tertiary/aromatic N) is 1. The summed E-state index contributed by atoms with van der Waals surface area (Å²) in [5.41, 5.74) is 1.91. The number of guanidine groups is 1. The lowest BCUT2D eigenvalue weighted by atomic mass is 10.1. The predicted octanol–water partition coefficient (Wildman–Crippen LogP) is 2.18. The maximum atomic E-state index is 12.1. The van der Waals surface area contributed by atoms with E-state index in [0.717, 1.165) is 17.7 Å². The van der Waals surface area contributed by atoms with Crippen LogP contribution < -0.4 is 16.0 Å². The third kappa shape index (κ3) is 11.9. The Labute approximate surface area is 179 Å². The number of carbonyl (C=O) groups is 1. The highest BCUT2D eigenvalue weighted by atomic mass is 127. The summed E-state index contributed by atoms with van der Waals surface area (Å²) in [6.45, 7) is 6.49. The average molecular weight is 510 g/mol. The van der Waals surface area contributed by atoms with Crippen molar-refractivity contribution in [1.82, 2.24) is 10.6 Å². The molecular formula is C18H31IN4O3S. The van der Waals surface area contributed by atoms with Crippen molar-refractivity contribution in [3.8, 4) is 0 Å². The Balaban J connectivity index is 0.00000676. The normalized spacial score (nSPS) is 12.7. The first-order chi connectivity index (χ1) is 12.2. The van der Waals surface area contributed by atoms with E-state index in [2.05, 4.69) is 27.9 Å². The minimum absolute atomic E-state index is 0. The SMILES string of the molecule is CCNC(=NCC(=O)Nc1cccc(CC)c1)NC(C)CCS(C)(=O)=O.I. The van der Waals surface area contributed by atoms with Crippen LogP contribution in [-0.4, -0.2) is 51.4 Å². The van der Waals surface area contributed by atoms with E-state index >= 15 is 0 Å². The summed E-state index contributed by atoms with van der Waals surface area (Å²) < 4.78 is 22.5. The van der Waals surface area contributed by atoms with Gasteiger partial charge in [-0.1, -0.05) is 19.1 Å². The number of nitrogens with one attached hydrogen (secondary N) is 3. The van der Waals surface area contributed by atoms with E-state index in [0.29, 0.717) is 18.9 Å². The van der Waals surface area contributed by atoms with Crippen LogP contribution in [-0.2, 0) is 21.1 Å². The molecule has 27 heavy (non-hydrogen) atoms. The first-order valence-corrected chi connectivity index (χ1v) is 10.9. The Morgan fingerprint density at radius 3 is 2.56 bits per heavy atom. The van der Waals surface area contributed by atoms with Crippen LogP contribution >= 0.6 is 24.0 Å². The second-order valence-electron chi connectivity index (χ2n) is 6.26. The van der Waals surface area contributed by atoms with E-state index in [1.165, 1.54) is 6.26 Å². The summed E-state index contributed by atoms with van der Waals surface area (Å²) in [5, 5.41) is 9.01. The molecule has 0 bridgehead atoms. The van der Waals surface area contributed by atoms with Gasteiger partial charge in [0, 0.05) is 24.5 Å². The Morgan fingerprint density at radius 2 is 1.96 bits per heavy atom. The lowest BCUT2D eigenvalue weighted by molar-refractivity contribution is -0.114. The van der Waals surface area contributed by atoms with Crippen molar-refractivity contribution in [3.05, 3.63) is 29.8 Å². The summed E-state index contributed by atoms with van der Waals surface area (Å²) in [5.74, 6) is 0.389. The maximum absolute atomic E-state index is 12.1. The number of sulfone groups is 1. The van der Waals surface area contributed by atoms with Crippen molar-refractivity contribution in [2.75, 3.05) is 30.4 Å². The zero-order valence-electron chi connectivity index (χ0n) is 16.4. The van der Waals surface area contributed by atoms with Crippen LogP contribution in [0.2, 0.25) is 0 Å². The molecule has 1 rings (SSSR count). The van der Waals surface area contributed by atoms with Gasteiger partial charge >= 0.3 is 0 Å². The van der Waals surface area contributed by atoms with Crippen molar-refractivity contribution in [1.29, 1.82) is 0 Å². The molecule has 7 nitrogen and oxygen atoms in total. The molecule has 0 heterocycles. The van der Waals surface area contributed by atoms with E-state index in [-0.39, 0.29) is 48.2 Å². The smallest absolute Gasteiger partial charge is 0.246 e. The van der Waals surface area contributed by atoms with Gasteiger partial charge in [-0.3, -0.25) is 4.79 Å². The third-order valence-electron chi connectivity index (χ3n) is 3.65. The van der Waals surface area contributed by atoms with Crippen LogP contribution in [0.25, 0.3) is 0 Å². The van der Waals surface area contributed by atoms with Gasteiger partial charge in [0.1, 0.15) is 16.4 Å². The van der Waals surface area contributed by atoms with Crippen LogP contribution in [0.15, 0.2) is 29.3 Å². The van der Waals surface area contributed by atoms with E-state index < -0.39 is 9.84 Å². The summed E-state index contributed by atoms with van der Waals surface area (Å²) in [4.78, 5) is 16.4. The van der Waals surface area contributed by atoms with E-state index in [4.69, 9.17) is 0 Å². The molecule has 3 N–H and O–H groups in total. The standard InChI is InChI=1S/C18H30N4O3S.HI/c1-5-15-8-7-9-16(12-15)22-17(23)13-20-18(19-6-2)21-14(3)10-11-26(4,24)25;/h7-9,12,14H,5-6,10-11,13H2,1-4H3,(H,22,23)(H2,19,20,21);1H. The molecular weight excluding hydrogens is 479 g/mol. The molecule has 0 spiro atoms. The van der Waals surface area contributed by atoms with Gasteiger partial charge in [-0.15, -0.1) is 24.0 Å². The lowest BCUT2D eigenvalue weighted by Crippen LogP contribution is -2.43. The van der Waals surface area contributed by atoms with E-state index in [9.17, 15) is 13.2 Å². The fourth-order valence-corrected chi connectivity index (χ4v) is 3.02. The number of rotatable bonds is 9. The summed E-state index contributed by atoms with van der Waals surface area (Å²) >= 11 is 0. The molecule has 0 fully saturated rings. The first-order valence-electron chi connectivity index (χ1n) is 8.84. The van der Waals surface area contributed by atoms with Gasteiger partial charge in [-0.05, 0) is 44.4 Å². The van der Waals surface area contributed by atoms with Crippen LogP contribution in [0.4, 0.5) is 5.69 Å². The molecule has 0 aliphatic carbocycles. The molecule has 1 amide bonds. The molecule has 1 atom stereocenters. The highest BCUT2D eigenvalue weighted by molar-refractivity contribution is 14.0. The Hall–Kier alpha value is -1.36. The molecule has 0 aliphatic heterocycles. The number of hydrogen-bond donors (Lipinski definition) is 3. The van der Waals surface area contributed by atoms with Crippen molar-refractivity contribution in [3.63, 3.8) is 0 Å². The predicted molar refractivity (Wildman–Crippen MR) is 123 cm³/mol. The van der Waals surface area contributed by atoms with Crippen LogP contribution in [0.1, 0.15) is 32.8 Å². The van der Waals surface area contributed by atoms with Crippen LogP contribution in [0, 0.1) is 0 Å². The fourth-order valence-electron chi connectivity index (χ4n) is 2.24. The highest BCUT2D eigenvalue weighted by Gasteiger charge is 2.10. The van der Waals surface area contributed by atoms with Gasteiger partial charge in [0.05, 0.1) is 5.75 Å². The monoisotopic (exact) mass is 510 g/mol. The molecule has 0 radical (unpaired) electrons. The number of amides is 1.